The molecule has 1 aliphatic heterocycles. The summed E-state index contributed by atoms with van der Waals surface area (Å²) in [5, 5.41) is 3.72. The second-order valence-corrected chi connectivity index (χ2v) is 12.5. The summed E-state index contributed by atoms with van der Waals surface area (Å²) in [6, 6.07) is 9.29. The van der Waals surface area contributed by atoms with Gasteiger partial charge in [0.15, 0.2) is 11.5 Å². The highest BCUT2D eigenvalue weighted by atomic mass is 35.5. The average molecular weight is 615 g/mol. The van der Waals surface area contributed by atoms with E-state index in [1.165, 1.54) is 9.21 Å². The molecule has 1 aliphatic rings. The number of sulfonamides is 1. The highest BCUT2D eigenvalue weighted by molar-refractivity contribution is 7.92. The smallest absolute Gasteiger partial charge is 0.243 e. The second kappa shape index (κ2) is 14.3. The number of halogens is 2. The van der Waals surface area contributed by atoms with Crippen LogP contribution in [0.4, 0.5) is 5.69 Å². The number of hydrogen-bond donors (Lipinski definition) is 1. The van der Waals surface area contributed by atoms with Gasteiger partial charge in [0.2, 0.25) is 21.8 Å². The highest BCUT2D eigenvalue weighted by Gasteiger charge is 2.30. The SMILES string of the molecule is CC[C@@H](C)NC(=O)[C@@H](CC)N(Cc1ccc(Cl)c(Cl)c1)C(=O)CCCN(c1ccc2c(c1)OCCO2)S(C)(=O)=O. The van der Waals surface area contributed by atoms with Crippen molar-refractivity contribution in [3.05, 3.63) is 52.0 Å². The number of ether oxygens (including phenoxy) is 2. The van der Waals surface area contributed by atoms with E-state index in [0.29, 0.717) is 46.9 Å². The lowest BCUT2D eigenvalue weighted by Crippen LogP contribution is -2.50. The van der Waals surface area contributed by atoms with E-state index in [2.05, 4.69) is 5.32 Å². The Bertz CT molecular complexity index is 1310. The number of benzene rings is 2. The van der Waals surface area contributed by atoms with Gasteiger partial charge in [0.25, 0.3) is 0 Å². The number of hydrogen-bond acceptors (Lipinski definition) is 6. The fraction of sp³-hybridized carbons (Fsp3) is 0.500. The summed E-state index contributed by atoms with van der Waals surface area (Å²) in [7, 11) is -3.65. The van der Waals surface area contributed by atoms with Crippen molar-refractivity contribution in [1.29, 1.82) is 0 Å². The minimum Gasteiger partial charge on any atom is -0.486 e. The maximum Gasteiger partial charge on any atom is 0.243 e. The van der Waals surface area contributed by atoms with Gasteiger partial charge in [-0.1, -0.05) is 43.1 Å². The van der Waals surface area contributed by atoms with Crippen molar-refractivity contribution in [2.45, 2.75) is 65.1 Å². The van der Waals surface area contributed by atoms with E-state index in [9.17, 15) is 18.0 Å². The molecule has 0 fully saturated rings. The third-order valence-corrected chi connectivity index (χ3v) is 8.62. The van der Waals surface area contributed by atoms with Crippen molar-refractivity contribution >= 4 is 50.7 Å². The summed E-state index contributed by atoms with van der Waals surface area (Å²) in [6.45, 7) is 6.76. The summed E-state index contributed by atoms with van der Waals surface area (Å²) < 4.78 is 37.7. The Kier molecular flexibility index (Phi) is 11.4. The zero-order chi connectivity index (χ0) is 29.4. The van der Waals surface area contributed by atoms with Crippen molar-refractivity contribution in [2.75, 3.05) is 30.3 Å². The summed E-state index contributed by atoms with van der Waals surface area (Å²) in [4.78, 5) is 28.3. The molecule has 2 amide bonds. The molecule has 3 rings (SSSR count). The molecule has 1 heterocycles. The third kappa shape index (κ3) is 8.41. The normalized spacial score (nSPS) is 14.2. The Morgan fingerprint density at radius 1 is 1.00 bits per heavy atom. The van der Waals surface area contributed by atoms with Crippen LogP contribution in [-0.2, 0) is 26.2 Å². The summed E-state index contributed by atoms with van der Waals surface area (Å²) >= 11 is 12.3. The number of nitrogens with one attached hydrogen (secondary N) is 1. The minimum atomic E-state index is -3.65. The summed E-state index contributed by atoms with van der Waals surface area (Å²) in [5.41, 5.74) is 1.15. The van der Waals surface area contributed by atoms with Crippen LogP contribution in [0.1, 0.15) is 52.0 Å². The molecule has 0 aromatic heterocycles. The minimum absolute atomic E-state index is 0.0327. The average Bonchev–Trinajstić information content (AvgIpc) is 2.91. The van der Waals surface area contributed by atoms with Crippen molar-refractivity contribution in [3.63, 3.8) is 0 Å². The van der Waals surface area contributed by atoms with Crippen LogP contribution in [0, 0.1) is 0 Å². The molecule has 2 aromatic rings. The van der Waals surface area contributed by atoms with Crippen molar-refractivity contribution in [1.82, 2.24) is 10.2 Å². The van der Waals surface area contributed by atoms with E-state index in [0.717, 1.165) is 18.2 Å². The first kappa shape index (κ1) is 31.8. The number of anilines is 1. The molecule has 0 unspecified atom stereocenters. The van der Waals surface area contributed by atoms with Crippen LogP contribution in [0.25, 0.3) is 0 Å². The molecule has 1 N–H and O–H groups in total. The Labute approximate surface area is 246 Å². The van der Waals surface area contributed by atoms with Crippen molar-refractivity contribution in [3.8, 4) is 11.5 Å². The number of fused-ring (bicyclic) bond motifs is 1. The van der Waals surface area contributed by atoms with E-state index in [1.54, 1.807) is 36.4 Å². The van der Waals surface area contributed by atoms with Gasteiger partial charge in [-0.25, -0.2) is 8.42 Å². The van der Waals surface area contributed by atoms with Crippen LogP contribution in [0.5, 0.6) is 11.5 Å². The van der Waals surface area contributed by atoms with Crippen LogP contribution < -0.4 is 19.1 Å². The molecule has 0 radical (unpaired) electrons. The summed E-state index contributed by atoms with van der Waals surface area (Å²) in [6.07, 6.45) is 2.55. The number of nitrogens with zero attached hydrogens (tertiary/aromatic N) is 2. The zero-order valence-corrected chi connectivity index (χ0v) is 25.6. The fourth-order valence-electron chi connectivity index (χ4n) is 4.39. The third-order valence-electron chi connectivity index (χ3n) is 6.69. The molecule has 0 spiro atoms. The van der Waals surface area contributed by atoms with E-state index < -0.39 is 16.1 Å². The predicted molar refractivity (Wildman–Crippen MR) is 158 cm³/mol. The van der Waals surface area contributed by atoms with E-state index in [-0.39, 0.29) is 43.8 Å². The predicted octanol–water partition coefficient (Wildman–Crippen LogP) is 5.03. The van der Waals surface area contributed by atoms with Gasteiger partial charge in [-0.3, -0.25) is 13.9 Å². The van der Waals surface area contributed by atoms with E-state index >= 15 is 0 Å². The van der Waals surface area contributed by atoms with Gasteiger partial charge in [-0.2, -0.15) is 0 Å². The first-order valence-corrected chi connectivity index (χ1v) is 16.0. The Hall–Kier alpha value is -2.69. The lowest BCUT2D eigenvalue weighted by atomic mass is 10.1. The van der Waals surface area contributed by atoms with E-state index in [4.69, 9.17) is 32.7 Å². The van der Waals surface area contributed by atoms with Crippen LogP contribution in [0.3, 0.4) is 0 Å². The zero-order valence-electron chi connectivity index (χ0n) is 23.3. The molecule has 2 atom stereocenters. The first-order chi connectivity index (χ1) is 18.9. The van der Waals surface area contributed by atoms with Crippen LogP contribution in [0.15, 0.2) is 36.4 Å². The van der Waals surface area contributed by atoms with Crippen LogP contribution in [-0.4, -0.2) is 63.2 Å². The Morgan fingerprint density at radius 2 is 1.70 bits per heavy atom. The molecule has 40 heavy (non-hydrogen) atoms. The molecule has 220 valence electrons. The standard InChI is InChI=1S/C28H37Cl2N3O6S/c1-5-19(3)31-28(35)24(6-2)32(18-20-9-11-22(29)23(30)16-20)27(34)8-7-13-33(40(4,36)37)21-10-12-25-26(17-21)39-15-14-38-25/h9-12,16-17,19,24H,5-8,13-15,18H2,1-4H3,(H,31,35)/t19-,24-/m1/s1. The van der Waals surface area contributed by atoms with Gasteiger partial charge in [0.05, 0.1) is 22.0 Å². The molecular weight excluding hydrogens is 577 g/mol. The van der Waals surface area contributed by atoms with Gasteiger partial charge in [0, 0.05) is 31.6 Å². The topological polar surface area (TPSA) is 105 Å². The largest absolute Gasteiger partial charge is 0.486 e. The molecule has 12 heteroatoms. The monoisotopic (exact) mass is 613 g/mol. The van der Waals surface area contributed by atoms with Gasteiger partial charge in [-0.05, 0) is 56.0 Å². The Balaban J connectivity index is 1.79. The second-order valence-electron chi connectivity index (χ2n) is 9.78. The van der Waals surface area contributed by atoms with Gasteiger partial charge >= 0.3 is 0 Å². The van der Waals surface area contributed by atoms with Crippen molar-refractivity contribution < 1.29 is 27.5 Å². The lowest BCUT2D eigenvalue weighted by molar-refractivity contribution is -0.141. The number of rotatable bonds is 13. The molecule has 9 nitrogen and oxygen atoms in total. The lowest BCUT2D eigenvalue weighted by Gasteiger charge is -2.32. The Morgan fingerprint density at radius 3 is 2.33 bits per heavy atom. The number of amides is 2. The molecular formula is C28H37Cl2N3O6S. The fourth-order valence-corrected chi connectivity index (χ4v) is 5.66. The molecule has 0 saturated carbocycles. The van der Waals surface area contributed by atoms with E-state index in [1.807, 2.05) is 20.8 Å². The first-order valence-electron chi connectivity index (χ1n) is 13.4. The highest BCUT2D eigenvalue weighted by Crippen LogP contribution is 2.35. The number of carbonyl (C=O) groups excluding carboxylic acids is 2. The maximum atomic E-state index is 13.6. The molecule has 0 aliphatic carbocycles. The summed E-state index contributed by atoms with van der Waals surface area (Å²) in [5.74, 6) is 0.518. The van der Waals surface area contributed by atoms with Crippen LogP contribution in [0.2, 0.25) is 10.0 Å². The molecule has 0 saturated heterocycles. The quantitative estimate of drug-likeness (QED) is 0.339. The molecule has 0 bridgehead atoms. The van der Waals surface area contributed by atoms with Gasteiger partial charge < -0.3 is 19.7 Å². The number of carbonyl (C=O) groups is 2. The van der Waals surface area contributed by atoms with Gasteiger partial charge in [0.1, 0.15) is 19.3 Å². The van der Waals surface area contributed by atoms with Crippen molar-refractivity contribution in [2.24, 2.45) is 0 Å². The molecule has 2 aromatic carbocycles. The van der Waals surface area contributed by atoms with Gasteiger partial charge in [-0.15, -0.1) is 0 Å². The maximum absolute atomic E-state index is 13.6. The van der Waals surface area contributed by atoms with Crippen LogP contribution >= 0.6 is 23.2 Å².